The summed E-state index contributed by atoms with van der Waals surface area (Å²) in [5, 5.41) is 12.7. The molecule has 1 aliphatic rings. The molecule has 1 amide bonds. The van der Waals surface area contributed by atoms with Crippen molar-refractivity contribution in [1.29, 1.82) is 0 Å². The quantitative estimate of drug-likeness (QED) is 0.854. The molecule has 1 saturated heterocycles. The number of carbonyl (C=O) groups is 1. The van der Waals surface area contributed by atoms with E-state index in [1.165, 1.54) is 0 Å². The summed E-state index contributed by atoms with van der Waals surface area (Å²) in [6.07, 6.45) is 0. The van der Waals surface area contributed by atoms with E-state index in [2.05, 4.69) is 10.2 Å². The van der Waals surface area contributed by atoms with Crippen molar-refractivity contribution in [2.24, 2.45) is 0 Å². The number of hydrogen-bond acceptors (Lipinski definition) is 4. The van der Waals surface area contributed by atoms with E-state index in [0.29, 0.717) is 30.3 Å². The normalized spacial score (nSPS) is 17.5. The Morgan fingerprint density at radius 3 is 2.81 bits per heavy atom. The Labute approximate surface area is 129 Å². The van der Waals surface area contributed by atoms with E-state index in [1.807, 2.05) is 13.0 Å². The number of rotatable bonds is 5. The van der Waals surface area contributed by atoms with Gasteiger partial charge in [-0.15, -0.1) is 0 Å². The minimum absolute atomic E-state index is 0.105. The van der Waals surface area contributed by atoms with Crippen LogP contribution in [0.5, 0.6) is 0 Å². The zero-order valence-electron chi connectivity index (χ0n) is 12.1. The Morgan fingerprint density at radius 1 is 1.48 bits per heavy atom. The van der Waals surface area contributed by atoms with Crippen LogP contribution in [0, 0.1) is 6.92 Å². The van der Waals surface area contributed by atoms with E-state index in [4.69, 9.17) is 16.3 Å². The fourth-order valence-corrected chi connectivity index (χ4v) is 2.63. The van der Waals surface area contributed by atoms with Gasteiger partial charge in [-0.1, -0.05) is 17.7 Å². The highest BCUT2D eigenvalue weighted by Gasteiger charge is 2.19. The van der Waals surface area contributed by atoms with Crippen LogP contribution in [0.2, 0.25) is 5.02 Å². The molecule has 21 heavy (non-hydrogen) atoms. The van der Waals surface area contributed by atoms with Crippen molar-refractivity contribution in [3.63, 3.8) is 0 Å². The maximum Gasteiger partial charge on any atom is 0.253 e. The Hall–Kier alpha value is -1.14. The number of hydrogen-bond donors (Lipinski definition) is 2. The van der Waals surface area contributed by atoms with Gasteiger partial charge in [0.1, 0.15) is 0 Å². The number of aliphatic hydroxyl groups is 1. The third-order valence-electron chi connectivity index (χ3n) is 3.51. The first kappa shape index (κ1) is 16.2. The zero-order chi connectivity index (χ0) is 15.2. The molecule has 5 nitrogen and oxygen atoms in total. The molecule has 0 aromatic heterocycles. The molecule has 0 aliphatic carbocycles. The number of morpholine rings is 1. The molecule has 1 heterocycles. The summed E-state index contributed by atoms with van der Waals surface area (Å²) in [7, 11) is 0. The maximum atomic E-state index is 12.2. The number of nitrogens with zero attached hydrogens (tertiary/aromatic N) is 1. The van der Waals surface area contributed by atoms with Crippen LogP contribution in [0.4, 0.5) is 0 Å². The monoisotopic (exact) mass is 312 g/mol. The molecule has 1 atom stereocenters. The predicted octanol–water partition coefficient (Wildman–Crippen LogP) is 1.07. The summed E-state index contributed by atoms with van der Waals surface area (Å²) < 4.78 is 5.28. The van der Waals surface area contributed by atoms with E-state index in [-0.39, 0.29) is 18.6 Å². The molecule has 0 bridgehead atoms. The molecule has 116 valence electrons. The molecular formula is C15H21ClN2O3. The molecule has 2 N–H and O–H groups in total. The third-order valence-corrected chi connectivity index (χ3v) is 3.82. The molecular weight excluding hydrogens is 292 g/mol. The van der Waals surface area contributed by atoms with Crippen LogP contribution in [0.1, 0.15) is 15.9 Å². The van der Waals surface area contributed by atoms with Crippen molar-refractivity contribution < 1.29 is 14.6 Å². The van der Waals surface area contributed by atoms with Gasteiger partial charge in [0, 0.05) is 19.6 Å². The van der Waals surface area contributed by atoms with Gasteiger partial charge >= 0.3 is 0 Å². The minimum atomic E-state index is -0.312. The van der Waals surface area contributed by atoms with E-state index in [0.717, 1.165) is 18.7 Å². The lowest BCUT2D eigenvalue weighted by Gasteiger charge is -2.30. The highest BCUT2D eigenvalue weighted by Crippen LogP contribution is 2.17. The topological polar surface area (TPSA) is 61.8 Å². The number of aliphatic hydroxyl groups excluding tert-OH is 1. The molecule has 0 radical (unpaired) electrons. The van der Waals surface area contributed by atoms with Crippen LogP contribution in [0.15, 0.2) is 18.2 Å². The van der Waals surface area contributed by atoms with Crippen molar-refractivity contribution >= 4 is 17.5 Å². The van der Waals surface area contributed by atoms with Gasteiger partial charge in [0.05, 0.1) is 36.4 Å². The number of nitrogens with one attached hydrogen (secondary N) is 1. The standard InChI is InChI=1S/C15H21ClN2O3/c1-11-2-3-13(14(16)8-11)15(20)17-12(10-19)9-18-4-6-21-7-5-18/h2-3,8,12,19H,4-7,9-10H2,1H3,(H,17,20)/t12-/m0/s1. The number of ether oxygens (including phenoxy) is 1. The van der Waals surface area contributed by atoms with Crippen LogP contribution in [0.3, 0.4) is 0 Å². The average Bonchev–Trinajstić information content (AvgIpc) is 2.47. The SMILES string of the molecule is Cc1ccc(C(=O)N[C@H](CO)CN2CCOCC2)c(Cl)c1. The lowest BCUT2D eigenvalue weighted by molar-refractivity contribution is 0.0297. The second-order valence-electron chi connectivity index (χ2n) is 5.25. The summed E-state index contributed by atoms with van der Waals surface area (Å²) in [6.45, 7) is 5.44. The van der Waals surface area contributed by atoms with E-state index >= 15 is 0 Å². The highest BCUT2D eigenvalue weighted by atomic mass is 35.5. The summed E-state index contributed by atoms with van der Waals surface area (Å²) >= 11 is 6.09. The number of amides is 1. The van der Waals surface area contributed by atoms with Crippen molar-refractivity contribution in [2.75, 3.05) is 39.5 Å². The first-order valence-corrected chi connectivity index (χ1v) is 7.46. The van der Waals surface area contributed by atoms with E-state index < -0.39 is 0 Å². The first-order valence-electron chi connectivity index (χ1n) is 7.08. The molecule has 1 aromatic rings. The van der Waals surface area contributed by atoms with Gasteiger partial charge in [0.15, 0.2) is 0 Å². The average molecular weight is 313 g/mol. The number of aryl methyl sites for hydroxylation is 1. The Kier molecular flexibility index (Phi) is 5.99. The van der Waals surface area contributed by atoms with Crippen molar-refractivity contribution in [1.82, 2.24) is 10.2 Å². The minimum Gasteiger partial charge on any atom is -0.394 e. The number of carbonyl (C=O) groups excluding carboxylic acids is 1. The Morgan fingerprint density at radius 2 is 2.19 bits per heavy atom. The Bertz CT molecular complexity index is 490. The molecule has 6 heteroatoms. The van der Waals surface area contributed by atoms with E-state index in [9.17, 15) is 9.90 Å². The largest absolute Gasteiger partial charge is 0.394 e. The van der Waals surface area contributed by atoms with Crippen LogP contribution >= 0.6 is 11.6 Å². The number of halogens is 1. The second kappa shape index (κ2) is 7.75. The molecule has 1 fully saturated rings. The molecule has 1 aliphatic heterocycles. The van der Waals surface area contributed by atoms with Crippen molar-refractivity contribution in [2.45, 2.75) is 13.0 Å². The predicted molar refractivity (Wildman–Crippen MR) is 81.8 cm³/mol. The van der Waals surface area contributed by atoms with E-state index in [1.54, 1.807) is 12.1 Å². The van der Waals surface area contributed by atoms with Gasteiger partial charge in [-0.05, 0) is 24.6 Å². The summed E-state index contributed by atoms with van der Waals surface area (Å²) in [5.41, 5.74) is 1.44. The smallest absolute Gasteiger partial charge is 0.253 e. The van der Waals surface area contributed by atoms with Gasteiger partial charge in [-0.25, -0.2) is 0 Å². The number of benzene rings is 1. The van der Waals surface area contributed by atoms with Crippen molar-refractivity contribution in [3.8, 4) is 0 Å². The summed E-state index contributed by atoms with van der Waals surface area (Å²) in [4.78, 5) is 14.4. The van der Waals surface area contributed by atoms with Crippen LogP contribution < -0.4 is 5.32 Å². The van der Waals surface area contributed by atoms with Crippen LogP contribution in [0.25, 0.3) is 0 Å². The third kappa shape index (κ3) is 4.68. The first-order chi connectivity index (χ1) is 10.1. The van der Waals surface area contributed by atoms with Gasteiger partial charge < -0.3 is 15.2 Å². The van der Waals surface area contributed by atoms with Crippen LogP contribution in [-0.4, -0.2) is 61.4 Å². The lowest BCUT2D eigenvalue weighted by atomic mass is 10.1. The maximum absolute atomic E-state index is 12.2. The van der Waals surface area contributed by atoms with Gasteiger partial charge in [0.2, 0.25) is 0 Å². The summed E-state index contributed by atoms with van der Waals surface area (Å²) in [6, 6.07) is 4.99. The Balaban J connectivity index is 1.95. The van der Waals surface area contributed by atoms with Crippen molar-refractivity contribution in [3.05, 3.63) is 34.3 Å². The van der Waals surface area contributed by atoms with Gasteiger partial charge in [0.25, 0.3) is 5.91 Å². The molecule has 0 unspecified atom stereocenters. The van der Waals surface area contributed by atoms with Gasteiger partial charge in [-0.3, -0.25) is 9.69 Å². The fourth-order valence-electron chi connectivity index (χ4n) is 2.31. The highest BCUT2D eigenvalue weighted by molar-refractivity contribution is 6.33. The fraction of sp³-hybridized carbons (Fsp3) is 0.533. The zero-order valence-corrected chi connectivity index (χ0v) is 12.9. The lowest BCUT2D eigenvalue weighted by Crippen LogP contribution is -2.49. The summed E-state index contributed by atoms with van der Waals surface area (Å²) in [5.74, 6) is -0.257. The molecule has 2 rings (SSSR count). The van der Waals surface area contributed by atoms with Gasteiger partial charge in [-0.2, -0.15) is 0 Å². The van der Waals surface area contributed by atoms with Crippen LogP contribution in [-0.2, 0) is 4.74 Å². The molecule has 1 aromatic carbocycles. The molecule has 0 saturated carbocycles. The second-order valence-corrected chi connectivity index (χ2v) is 5.66. The molecule has 0 spiro atoms.